The van der Waals surface area contributed by atoms with Crippen molar-refractivity contribution in [3.8, 4) is 0 Å². The topological polar surface area (TPSA) is 53.9 Å². The Morgan fingerprint density at radius 2 is 2.04 bits per heavy atom. The highest BCUT2D eigenvalue weighted by Gasteiger charge is 2.42. The Labute approximate surface area is 181 Å². The Kier molecular flexibility index (Phi) is 7.76. The molecule has 2 fully saturated rings. The van der Waals surface area contributed by atoms with Crippen molar-refractivity contribution in [3.63, 3.8) is 0 Å². The molecule has 1 N–H and O–H groups in total. The van der Waals surface area contributed by atoms with E-state index in [4.69, 9.17) is 4.74 Å². The van der Waals surface area contributed by atoms with E-state index in [-0.39, 0.29) is 41.8 Å². The Morgan fingerprint density at radius 3 is 2.65 bits per heavy atom. The number of carbonyl (C=O) groups excluding carboxylic acids is 1. The Hall–Kier alpha value is -0.830. The van der Waals surface area contributed by atoms with Crippen molar-refractivity contribution in [2.45, 2.75) is 32.2 Å². The van der Waals surface area contributed by atoms with Crippen LogP contribution in [0.3, 0.4) is 0 Å². The summed E-state index contributed by atoms with van der Waals surface area (Å²) in [5.41, 5.74) is 1.36. The van der Waals surface area contributed by atoms with Crippen LogP contribution in [0.4, 0.5) is 0 Å². The second-order valence-electron chi connectivity index (χ2n) is 6.95. The summed E-state index contributed by atoms with van der Waals surface area (Å²) >= 11 is 3.49. The van der Waals surface area contributed by atoms with Crippen LogP contribution < -0.4 is 5.32 Å². The highest BCUT2D eigenvalue weighted by atomic mass is 127. The number of ether oxygens (including phenoxy) is 1. The van der Waals surface area contributed by atoms with Crippen LogP contribution >= 0.6 is 39.9 Å². The Bertz CT molecular complexity index is 653. The lowest BCUT2D eigenvalue weighted by molar-refractivity contribution is -0.145. The van der Waals surface area contributed by atoms with Crippen LogP contribution in [0.1, 0.15) is 31.7 Å². The van der Waals surface area contributed by atoms with Gasteiger partial charge in [0.2, 0.25) is 0 Å². The summed E-state index contributed by atoms with van der Waals surface area (Å²) in [4.78, 5) is 18.8. The maximum Gasteiger partial charge on any atom is 0.310 e. The molecule has 1 aliphatic carbocycles. The summed E-state index contributed by atoms with van der Waals surface area (Å²) in [6.07, 6.45) is 1.12. The third-order valence-electron chi connectivity index (χ3n) is 5.13. The first-order valence-corrected chi connectivity index (χ1v) is 9.72. The van der Waals surface area contributed by atoms with E-state index in [1.54, 1.807) is 0 Å². The molecule has 1 saturated carbocycles. The zero-order valence-corrected chi connectivity index (χ0v) is 19.4. The molecule has 0 radical (unpaired) electrons. The van der Waals surface area contributed by atoms with Crippen molar-refractivity contribution >= 4 is 51.8 Å². The minimum Gasteiger partial charge on any atom is -0.469 e. The maximum atomic E-state index is 11.9. The molecule has 1 aliphatic heterocycles. The molecule has 0 amide bonds. The van der Waals surface area contributed by atoms with Gasteiger partial charge >= 0.3 is 5.97 Å². The molecule has 0 aromatic heterocycles. The van der Waals surface area contributed by atoms with Gasteiger partial charge in [-0.3, -0.25) is 9.79 Å². The second kappa shape index (κ2) is 9.39. The highest BCUT2D eigenvalue weighted by Crippen LogP contribution is 2.41. The third-order valence-corrected chi connectivity index (χ3v) is 5.66. The summed E-state index contributed by atoms with van der Waals surface area (Å²) in [5, 5.41) is 3.61. The van der Waals surface area contributed by atoms with Gasteiger partial charge in [0.15, 0.2) is 5.96 Å². The number of esters is 1. The molecule has 4 atom stereocenters. The fraction of sp³-hybridized carbons (Fsp3) is 0.579. The molecule has 7 heteroatoms. The van der Waals surface area contributed by atoms with Crippen LogP contribution in [-0.4, -0.2) is 49.6 Å². The van der Waals surface area contributed by atoms with Gasteiger partial charge in [-0.05, 0) is 37.0 Å². The largest absolute Gasteiger partial charge is 0.469 e. The Balaban J connectivity index is 0.00000243. The van der Waals surface area contributed by atoms with E-state index < -0.39 is 0 Å². The first kappa shape index (κ1) is 21.5. The van der Waals surface area contributed by atoms with Crippen molar-refractivity contribution in [1.82, 2.24) is 10.2 Å². The van der Waals surface area contributed by atoms with Gasteiger partial charge in [-0.25, -0.2) is 0 Å². The molecule has 1 aromatic rings. The van der Waals surface area contributed by atoms with E-state index in [9.17, 15) is 4.79 Å². The third kappa shape index (κ3) is 4.91. The number of hydrogen-bond donors (Lipinski definition) is 1. The lowest BCUT2D eigenvalue weighted by Crippen LogP contribution is -2.42. The minimum atomic E-state index is -0.120. The normalized spacial score (nSPS) is 27.7. The van der Waals surface area contributed by atoms with E-state index in [1.807, 2.05) is 6.92 Å². The average Bonchev–Trinajstić information content (AvgIpc) is 3.26. The first-order valence-electron chi connectivity index (χ1n) is 8.92. The number of nitrogens with one attached hydrogen (secondary N) is 1. The number of nitrogens with zero attached hydrogens (tertiary/aromatic N) is 2. The van der Waals surface area contributed by atoms with Gasteiger partial charge in [0.05, 0.1) is 13.0 Å². The second-order valence-corrected chi connectivity index (χ2v) is 7.87. The number of aliphatic imine (C=N–C) groups is 1. The van der Waals surface area contributed by atoms with Crippen LogP contribution in [0, 0.1) is 11.8 Å². The summed E-state index contributed by atoms with van der Waals surface area (Å²) in [7, 11) is 1.46. The SMILES string of the molecule is CCN=C(NC1CC1c1ccc(Br)cc1)N1CC(C)C(C(=O)OC)C1.I. The van der Waals surface area contributed by atoms with Crippen LogP contribution in [0.25, 0.3) is 0 Å². The monoisotopic (exact) mass is 535 g/mol. The van der Waals surface area contributed by atoms with E-state index in [2.05, 4.69) is 62.3 Å². The molecule has 26 heavy (non-hydrogen) atoms. The number of guanidine groups is 1. The molecule has 2 aliphatic rings. The molecular formula is C19H27BrIN3O2. The van der Waals surface area contributed by atoms with Crippen molar-refractivity contribution < 1.29 is 9.53 Å². The molecule has 1 aromatic carbocycles. The van der Waals surface area contributed by atoms with Crippen LogP contribution in [0.15, 0.2) is 33.7 Å². The quantitative estimate of drug-likeness (QED) is 0.277. The molecule has 1 saturated heterocycles. The highest BCUT2D eigenvalue weighted by molar-refractivity contribution is 14.0. The lowest BCUT2D eigenvalue weighted by atomic mass is 9.99. The fourth-order valence-corrected chi connectivity index (χ4v) is 3.85. The predicted molar refractivity (Wildman–Crippen MR) is 118 cm³/mol. The molecule has 144 valence electrons. The minimum absolute atomic E-state index is 0. The fourth-order valence-electron chi connectivity index (χ4n) is 3.58. The number of likely N-dealkylation sites (tertiary alicyclic amines) is 1. The van der Waals surface area contributed by atoms with Gasteiger partial charge in [-0.15, -0.1) is 24.0 Å². The summed E-state index contributed by atoms with van der Waals surface area (Å²) in [6.45, 7) is 6.38. The number of methoxy groups -OCH3 is 1. The zero-order chi connectivity index (χ0) is 18.0. The van der Waals surface area contributed by atoms with E-state index in [0.717, 1.165) is 29.9 Å². The summed E-state index contributed by atoms with van der Waals surface area (Å²) in [5.74, 6) is 1.54. The van der Waals surface area contributed by atoms with E-state index >= 15 is 0 Å². The number of rotatable bonds is 4. The van der Waals surface area contributed by atoms with Crippen molar-refractivity contribution in [3.05, 3.63) is 34.3 Å². The number of hydrogen-bond acceptors (Lipinski definition) is 3. The van der Waals surface area contributed by atoms with Gasteiger partial charge < -0.3 is 15.0 Å². The average molecular weight is 536 g/mol. The van der Waals surface area contributed by atoms with Gasteiger partial charge in [-0.2, -0.15) is 0 Å². The maximum absolute atomic E-state index is 11.9. The van der Waals surface area contributed by atoms with Crippen LogP contribution in [0.5, 0.6) is 0 Å². The predicted octanol–water partition coefficient (Wildman–Crippen LogP) is 3.63. The number of carbonyl (C=O) groups is 1. The molecule has 3 rings (SSSR count). The Morgan fingerprint density at radius 1 is 1.35 bits per heavy atom. The molecule has 4 unspecified atom stereocenters. The van der Waals surface area contributed by atoms with Gasteiger partial charge in [0, 0.05) is 36.1 Å². The van der Waals surface area contributed by atoms with Gasteiger partial charge in [0.1, 0.15) is 0 Å². The van der Waals surface area contributed by atoms with Crippen LogP contribution in [0.2, 0.25) is 0 Å². The molecule has 0 spiro atoms. The van der Waals surface area contributed by atoms with E-state index in [0.29, 0.717) is 18.5 Å². The zero-order valence-electron chi connectivity index (χ0n) is 15.4. The van der Waals surface area contributed by atoms with Gasteiger partial charge in [-0.1, -0.05) is 35.0 Å². The van der Waals surface area contributed by atoms with Gasteiger partial charge in [0.25, 0.3) is 0 Å². The smallest absolute Gasteiger partial charge is 0.310 e. The van der Waals surface area contributed by atoms with Crippen molar-refractivity contribution in [2.75, 3.05) is 26.7 Å². The standard InChI is InChI=1S/C19H26BrN3O2.HI/c1-4-21-19(23-10-12(2)16(11-23)18(24)25-3)22-17-9-15(17)13-5-7-14(20)8-6-13;/h5-8,12,15-17H,4,9-11H2,1-3H3,(H,21,22);1H. The number of halogens is 2. The summed E-state index contributed by atoms with van der Waals surface area (Å²) < 4.78 is 6.05. The van der Waals surface area contributed by atoms with E-state index in [1.165, 1.54) is 12.7 Å². The first-order chi connectivity index (χ1) is 12.0. The molecular weight excluding hydrogens is 509 g/mol. The number of benzene rings is 1. The van der Waals surface area contributed by atoms with Crippen molar-refractivity contribution in [2.24, 2.45) is 16.8 Å². The molecule has 1 heterocycles. The lowest BCUT2D eigenvalue weighted by Gasteiger charge is -2.22. The van der Waals surface area contributed by atoms with Crippen LogP contribution in [-0.2, 0) is 9.53 Å². The van der Waals surface area contributed by atoms with Crippen molar-refractivity contribution in [1.29, 1.82) is 0 Å². The summed E-state index contributed by atoms with van der Waals surface area (Å²) in [6, 6.07) is 8.96. The molecule has 5 nitrogen and oxygen atoms in total. The molecule has 0 bridgehead atoms.